The quantitative estimate of drug-likeness (QED) is 0.915. The number of carbonyl (C=O) groups is 2. The lowest BCUT2D eigenvalue weighted by Crippen LogP contribution is -2.40. The Morgan fingerprint density at radius 1 is 1.19 bits per heavy atom. The number of hydrogen-bond donors (Lipinski definition) is 1. The average Bonchev–Trinajstić information content (AvgIpc) is 2.93. The molecule has 0 aliphatic carbocycles. The highest BCUT2D eigenvalue weighted by molar-refractivity contribution is 5.99. The number of benzene rings is 1. The molecule has 0 atom stereocenters. The maximum Gasteiger partial charge on any atom is 0.254 e. The molecule has 0 bridgehead atoms. The molecule has 1 aromatic carbocycles. The van der Waals surface area contributed by atoms with Crippen molar-refractivity contribution in [3.8, 4) is 0 Å². The summed E-state index contributed by atoms with van der Waals surface area (Å²) in [4.78, 5) is 30.7. The van der Waals surface area contributed by atoms with Gasteiger partial charge in [0.05, 0.1) is 0 Å². The lowest BCUT2D eigenvalue weighted by molar-refractivity contribution is -0.129. The SMILES string of the molecule is CCCN(CC(=O)N(C)C)C(=O)c1ccc2[nH]ccc2c1. The van der Waals surface area contributed by atoms with Crippen molar-refractivity contribution in [2.24, 2.45) is 0 Å². The number of likely N-dealkylation sites (N-methyl/N-ethyl adjacent to an activating group) is 1. The third kappa shape index (κ3) is 3.42. The second-order valence-electron chi connectivity index (χ2n) is 5.29. The van der Waals surface area contributed by atoms with E-state index in [0.29, 0.717) is 12.1 Å². The van der Waals surface area contributed by atoms with Crippen LogP contribution in [0.25, 0.3) is 10.9 Å². The molecule has 5 nitrogen and oxygen atoms in total. The number of aromatic nitrogens is 1. The summed E-state index contributed by atoms with van der Waals surface area (Å²) >= 11 is 0. The highest BCUT2D eigenvalue weighted by atomic mass is 16.2. The predicted molar refractivity (Wildman–Crippen MR) is 83.2 cm³/mol. The lowest BCUT2D eigenvalue weighted by Gasteiger charge is -2.23. The van der Waals surface area contributed by atoms with Crippen LogP contribution in [-0.4, -0.2) is 53.8 Å². The predicted octanol–water partition coefficient (Wildman–Crippen LogP) is 2.11. The molecular formula is C16H21N3O2. The summed E-state index contributed by atoms with van der Waals surface area (Å²) in [5.74, 6) is -0.172. The molecule has 0 saturated heterocycles. The number of carbonyl (C=O) groups excluding carboxylic acids is 2. The van der Waals surface area contributed by atoms with Crippen molar-refractivity contribution < 1.29 is 9.59 Å². The van der Waals surface area contributed by atoms with Crippen molar-refractivity contribution >= 4 is 22.7 Å². The first kappa shape index (κ1) is 15.1. The maximum absolute atomic E-state index is 12.6. The number of nitrogens with one attached hydrogen (secondary N) is 1. The van der Waals surface area contributed by atoms with E-state index < -0.39 is 0 Å². The molecule has 1 aromatic heterocycles. The van der Waals surface area contributed by atoms with Gasteiger partial charge in [-0.1, -0.05) is 6.92 Å². The lowest BCUT2D eigenvalue weighted by atomic mass is 10.1. The van der Waals surface area contributed by atoms with Crippen molar-refractivity contribution in [1.82, 2.24) is 14.8 Å². The molecule has 0 aliphatic heterocycles. The van der Waals surface area contributed by atoms with Crippen LogP contribution < -0.4 is 0 Å². The zero-order valence-electron chi connectivity index (χ0n) is 12.7. The van der Waals surface area contributed by atoms with Gasteiger partial charge in [-0.3, -0.25) is 9.59 Å². The van der Waals surface area contributed by atoms with E-state index in [-0.39, 0.29) is 18.4 Å². The van der Waals surface area contributed by atoms with Gasteiger partial charge >= 0.3 is 0 Å². The standard InChI is InChI=1S/C16H21N3O2/c1-4-9-19(11-15(20)18(2)3)16(21)13-5-6-14-12(10-13)7-8-17-14/h5-8,10,17H,4,9,11H2,1-3H3. The van der Waals surface area contributed by atoms with Crippen LogP contribution >= 0.6 is 0 Å². The Labute approximate surface area is 124 Å². The van der Waals surface area contributed by atoms with Crippen LogP contribution in [0.2, 0.25) is 0 Å². The minimum atomic E-state index is -0.102. The smallest absolute Gasteiger partial charge is 0.254 e. The third-order valence-corrected chi connectivity index (χ3v) is 3.41. The van der Waals surface area contributed by atoms with E-state index in [1.807, 2.05) is 31.3 Å². The molecule has 2 rings (SSSR count). The number of hydrogen-bond acceptors (Lipinski definition) is 2. The maximum atomic E-state index is 12.6. The minimum absolute atomic E-state index is 0.0699. The summed E-state index contributed by atoms with van der Waals surface area (Å²) in [5.41, 5.74) is 1.61. The molecule has 2 aromatic rings. The number of amides is 2. The largest absolute Gasteiger partial charge is 0.361 e. The fourth-order valence-electron chi connectivity index (χ4n) is 2.20. The van der Waals surface area contributed by atoms with Crippen molar-refractivity contribution in [1.29, 1.82) is 0 Å². The molecule has 5 heteroatoms. The summed E-state index contributed by atoms with van der Waals surface area (Å²) in [6, 6.07) is 7.47. The minimum Gasteiger partial charge on any atom is -0.361 e. The second-order valence-corrected chi connectivity index (χ2v) is 5.29. The molecule has 0 radical (unpaired) electrons. The highest BCUT2D eigenvalue weighted by Crippen LogP contribution is 2.16. The Bertz CT molecular complexity index is 646. The molecule has 0 spiro atoms. The Kier molecular flexibility index (Phi) is 4.62. The number of H-pyrrole nitrogens is 1. The molecule has 2 amide bonds. The topological polar surface area (TPSA) is 56.4 Å². The molecule has 1 N–H and O–H groups in total. The van der Waals surface area contributed by atoms with E-state index in [0.717, 1.165) is 17.3 Å². The van der Waals surface area contributed by atoms with Gasteiger partial charge in [0.2, 0.25) is 5.91 Å². The molecule has 1 heterocycles. The Hall–Kier alpha value is -2.30. The molecule has 21 heavy (non-hydrogen) atoms. The van der Waals surface area contributed by atoms with Gasteiger partial charge in [-0.15, -0.1) is 0 Å². The van der Waals surface area contributed by atoms with Crippen molar-refractivity contribution in [3.63, 3.8) is 0 Å². The van der Waals surface area contributed by atoms with Gasteiger partial charge < -0.3 is 14.8 Å². The van der Waals surface area contributed by atoms with Crippen molar-refractivity contribution in [2.75, 3.05) is 27.2 Å². The third-order valence-electron chi connectivity index (χ3n) is 3.41. The van der Waals surface area contributed by atoms with E-state index in [1.54, 1.807) is 25.1 Å². The van der Waals surface area contributed by atoms with Crippen LogP contribution in [0.4, 0.5) is 0 Å². The van der Waals surface area contributed by atoms with Crippen molar-refractivity contribution in [2.45, 2.75) is 13.3 Å². The van der Waals surface area contributed by atoms with Crippen LogP contribution in [0, 0.1) is 0 Å². The van der Waals surface area contributed by atoms with E-state index in [9.17, 15) is 9.59 Å². The van der Waals surface area contributed by atoms with Crippen LogP contribution in [0.15, 0.2) is 30.5 Å². The Morgan fingerprint density at radius 3 is 2.62 bits per heavy atom. The molecule has 0 saturated carbocycles. The number of aromatic amines is 1. The van der Waals surface area contributed by atoms with E-state index in [4.69, 9.17) is 0 Å². The molecule has 0 fully saturated rings. The number of fused-ring (bicyclic) bond motifs is 1. The summed E-state index contributed by atoms with van der Waals surface area (Å²) in [6.45, 7) is 2.68. The van der Waals surface area contributed by atoms with Gasteiger partial charge in [0.15, 0.2) is 0 Å². The first-order valence-corrected chi connectivity index (χ1v) is 7.09. The van der Waals surface area contributed by atoms with Crippen LogP contribution in [0.5, 0.6) is 0 Å². The van der Waals surface area contributed by atoms with Gasteiger partial charge in [0.1, 0.15) is 6.54 Å². The molecule has 112 valence electrons. The summed E-state index contributed by atoms with van der Waals surface area (Å²) < 4.78 is 0. The number of rotatable bonds is 5. The first-order chi connectivity index (χ1) is 10.0. The zero-order chi connectivity index (χ0) is 15.4. The van der Waals surface area contributed by atoms with Gasteiger partial charge in [-0.25, -0.2) is 0 Å². The zero-order valence-corrected chi connectivity index (χ0v) is 12.7. The van der Waals surface area contributed by atoms with Gasteiger partial charge in [0.25, 0.3) is 5.91 Å². The molecule has 0 aliphatic rings. The second kappa shape index (κ2) is 6.43. The Morgan fingerprint density at radius 2 is 1.95 bits per heavy atom. The number of nitrogens with zero attached hydrogens (tertiary/aromatic N) is 2. The van der Waals surface area contributed by atoms with E-state index in [1.165, 1.54) is 4.90 Å². The van der Waals surface area contributed by atoms with Gasteiger partial charge in [-0.05, 0) is 30.7 Å². The molecular weight excluding hydrogens is 266 g/mol. The fraction of sp³-hybridized carbons (Fsp3) is 0.375. The summed E-state index contributed by atoms with van der Waals surface area (Å²) in [6.07, 6.45) is 2.66. The van der Waals surface area contributed by atoms with Crippen LogP contribution in [0.1, 0.15) is 23.7 Å². The van der Waals surface area contributed by atoms with E-state index >= 15 is 0 Å². The van der Waals surface area contributed by atoms with E-state index in [2.05, 4.69) is 4.98 Å². The Balaban J connectivity index is 2.22. The highest BCUT2D eigenvalue weighted by Gasteiger charge is 2.19. The fourth-order valence-corrected chi connectivity index (χ4v) is 2.20. The normalized spacial score (nSPS) is 10.6. The monoisotopic (exact) mass is 287 g/mol. The summed E-state index contributed by atoms with van der Waals surface area (Å²) in [5, 5.41) is 0.997. The van der Waals surface area contributed by atoms with Crippen molar-refractivity contribution in [3.05, 3.63) is 36.0 Å². The van der Waals surface area contributed by atoms with Gasteiger partial charge in [0, 0.05) is 43.3 Å². The van der Waals surface area contributed by atoms with Crippen LogP contribution in [-0.2, 0) is 4.79 Å². The first-order valence-electron chi connectivity index (χ1n) is 7.09. The van der Waals surface area contributed by atoms with Gasteiger partial charge in [-0.2, -0.15) is 0 Å². The summed E-state index contributed by atoms with van der Waals surface area (Å²) in [7, 11) is 3.39. The average molecular weight is 287 g/mol. The molecule has 0 unspecified atom stereocenters. The van der Waals surface area contributed by atoms with Crippen LogP contribution in [0.3, 0.4) is 0 Å².